The van der Waals surface area contributed by atoms with Gasteiger partial charge in [0, 0.05) is 5.92 Å². The van der Waals surface area contributed by atoms with Crippen molar-refractivity contribution in [3.8, 4) is 0 Å². The number of hydrogen-bond donors (Lipinski definition) is 1. The van der Waals surface area contributed by atoms with Crippen molar-refractivity contribution in [2.45, 2.75) is 33.6 Å². The molecule has 82 valence electrons. The Labute approximate surface area is 89.5 Å². The second-order valence-electron chi connectivity index (χ2n) is 3.41. The van der Waals surface area contributed by atoms with E-state index < -0.39 is 0 Å². The second kappa shape index (κ2) is 4.91. The summed E-state index contributed by atoms with van der Waals surface area (Å²) in [6, 6.07) is 4.94. The molecular weight excluding hydrogens is 191 g/mol. The molecule has 0 atom stereocenters. The first-order valence-corrected chi connectivity index (χ1v) is 5.32. The average molecular weight is 208 g/mol. The Morgan fingerprint density at radius 2 is 1.93 bits per heavy atom. The number of imidazole rings is 1. The van der Waals surface area contributed by atoms with Crippen LogP contribution in [0.1, 0.15) is 39.4 Å². The molecule has 0 fully saturated rings. The van der Waals surface area contributed by atoms with Crippen molar-refractivity contribution in [1.29, 1.82) is 0 Å². The Bertz CT molecular complexity index is 432. The average Bonchev–Trinajstić information content (AvgIpc) is 2.66. The summed E-state index contributed by atoms with van der Waals surface area (Å²) in [5.41, 5.74) is 1.20. The van der Waals surface area contributed by atoms with Gasteiger partial charge in [-0.2, -0.15) is 0 Å². The third kappa shape index (κ3) is 2.35. The summed E-state index contributed by atoms with van der Waals surface area (Å²) >= 11 is 0. The summed E-state index contributed by atoms with van der Waals surface area (Å²) in [4.78, 5) is 7.27. The number of para-hydroxylation sites is 1. The Morgan fingerprint density at radius 3 is 2.47 bits per heavy atom. The maximum absolute atomic E-state index is 13.2. The first-order chi connectivity index (χ1) is 7.18. The van der Waals surface area contributed by atoms with Gasteiger partial charge in [-0.1, -0.05) is 33.8 Å². The van der Waals surface area contributed by atoms with E-state index >= 15 is 0 Å². The van der Waals surface area contributed by atoms with Crippen molar-refractivity contribution in [1.82, 2.24) is 9.97 Å². The quantitative estimate of drug-likeness (QED) is 0.757. The van der Waals surface area contributed by atoms with Crippen molar-refractivity contribution in [2.24, 2.45) is 0 Å². The molecule has 0 spiro atoms. The molecule has 3 heteroatoms. The highest BCUT2D eigenvalue weighted by Gasteiger charge is 2.08. The van der Waals surface area contributed by atoms with Gasteiger partial charge in [-0.25, -0.2) is 9.37 Å². The van der Waals surface area contributed by atoms with E-state index in [0.717, 1.165) is 11.3 Å². The molecular formula is C12H17FN2. The van der Waals surface area contributed by atoms with Gasteiger partial charge in [-0.3, -0.25) is 0 Å². The summed E-state index contributed by atoms with van der Waals surface area (Å²) in [6.45, 7) is 8.05. The SMILES string of the molecule is CC.CC(C)c1nc2c(F)cccc2[nH]1. The molecule has 2 aromatic rings. The second-order valence-corrected chi connectivity index (χ2v) is 3.41. The smallest absolute Gasteiger partial charge is 0.151 e. The van der Waals surface area contributed by atoms with Gasteiger partial charge >= 0.3 is 0 Å². The van der Waals surface area contributed by atoms with Crippen LogP contribution in [0.15, 0.2) is 18.2 Å². The molecule has 1 aromatic heterocycles. The molecule has 0 aliphatic rings. The van der Waals surface area contributed by atoms with E-state index in [9.17, 15) is 4.39 Å². The number of hydrogen-bond acceptors (Lipinski definition) is 1. The maximum Gasteiger partial charge on any atom is 0.151 e. The normalized spacial score (nSPS) is 10.3. The van der Waals surface area contributed by atoms with Gasteiger partial charge in [-0.05, 0) is 12.1 Å². The van der Waals surface area contributed by atoms with Crippen molar-refractivity contribution in [3.05, 3.63) is 29.8 Å². The van der Waals surface area contributed by atoms with E-state index in [4.69, 9.17) is 0 Å². The van der Waals surface area contributed by atoms with E-state index in [1.807, 2.05) is 33.8 Å². The van der Waals surface area contributed by atoms with E-state index in [1.54, 1.807) is 6.07 Å². The summed E-state index contributed by atoms with van der Waals surface area (Å²) < 4.78 is 13.2. The van der Waals surface area contributed by atoms with Gasteiger partial charge in [-0.15, -0.1) is 0 Å². The third-order valence-corrected chi connectivity index (χ3v) is 2.03. The molecule has 0 unspecified atom stereocenters. The van der Waals surface area contributed by atoms with Gasteiger partial charge in [0.1, 0.15) is 11.3 Å². The molecule has 0 saturated heterocycles. The number of rotatable bonds is 1. The number of nitrogens with one attached hydrogen (secondary N) is 1. The summed E-state index contributed by atoms with van der Waals surface area (Å²) in [6.07, 6.45) is 0. The van der Waals surface area contributed by atoms with Crippen LogP contribution >= 0.6 is 0 Å². The maximum atomic E-state index is 13.2. The lowest BCUT2D eigenvalue weighted by Crippen LogP contribution is -1.88. The lowest BCUT2D eigenvalue weighted by molar-refractivity contribution is 0.636. The van der Waals surface area contributed by atoms with Crippen LogP contribution in [0, 0.1) is 5.82 Å². The number of fused-ring (bicyclic) bond motifs is 1. The third-order valence-electron chi connectivity index (χ3n) is 2.03. The number of halogens is 1. The lowest BCUT2D eigenvalue weighted by Gasteiger charge is -1.95. The van der Waals surface area contributed by atoms with Crippen molar-refractivity contribution in [3.63, 3.8) is 0 Å². The Kier molecular flexibility index (Phi) is 3.83. The van der Waals surface area contributed by atoms with Crippen molar-refractivity contribution in [2.75, 3.05) is 0 Å². The number of benzene rings is 1. The Balaban J connectivity index is 0.000000531. The van der Waals surface area contributed by atoms with Crippen LogP contribution in [0.4, 0.5) is 4.39 Å². The number of aromatic nitrogens is 2. The molecule has 0 radical (unpaired) electrons. The minimum Gasteiger partial charge on any atom is -0.342 e. The minimum atomic E-state index is -0.263. The van der Waals surface area contributed by atoms with Gasteiger partial charge in [0.25, 0.3) is 0 Å². The predicted octanol–water partition coefficient (Wildman–Crippen LogP) is 3.85. The van der Waals surface area contributed by atoms with Crippen molar-refractivity contribution < 1.29 is 4.39 Å². The molecule has 1 heterocycles. The molecule has 1 aromatic carbocycles. The fourth-order valence-corrected chi connectivity index (χ4v) is 1.29. The zero-order valence-corrected chi connectivity index (χ0v) is 9.63. The molecule has 2 rings (SSSR count). The zero-order chi connectivity index (χ0) is 11.4. The van der Waals surface area contributed by atoms with Gasteiger partial charge in [0.2, 0.25) is 0 Å². The van der Waals surface area contributed by atoms with E-state index in [1.165, 1.54) is 6.07 Å². The van der Waals surface area contributed by atoms with E-state index in [2.05, 4.69) is 9.97 Å². The Hall–Kier alpha value is -1.38. The van der Waals surface area contributed by atoms with Crippen LogP contribution in [-0.2, 0) is 0 Å². The van der Waals surface area contributed by atoms with E-state index in [-0.39, 0.29) is 5.82 Å². The summed E-state index contributed by atoms with van der Waals surface area (Å²) in [5, 5.41) is 0. The fourth-order valence-electron chi connectivity index (χ4n) is 1.29. The fraction of sp³-hybridized carbons (Fsp3) is 0.417. The molecule has 1 N–H and O–H groups in total. The van der Waals surface area contributed by atoms with Gasteiger partial charge < -0.3 is 4.98 Å². The molecule has 0 aliphatic carbocycles. The molecule has 0 bridgehead atoms. The lowest BCUT2D eigenvalue weighted by atomic mass is 10.2. The highest BCUT2D eigenvalue weighted by molar-refractivity contribution is 5.75. The van der Waals surface area contributed by atoms with Crippen LogP contribution < -0.4 is 0 Å². The Morgan fingerprint density at radius 1 is 1.27 bits per heavy atom. The predicted molar refractivity (Wildman–Crippen MR) is 61.5 cm³/mol. The van der Waals surface area contributed by atoms with Gasteiger partial charge in [0.15, 0.2) is 5.82 Å². The highest BCUT2D eigenvalue weighted by atomic mass is 19.1. The zero-order valence-electron chi connectivity index (χ0n) is 9.63. The van der Waals surface area contributed by atoms with Crippen LogP contribution in [-0.4, -0.2) is 9.97 Å². The number of H-pyrrole nitrogens is 1. The minimum absolute atomic E-state index is 0.263. The topological polar surface area (TPSA) is 28.7 Å². The summed E-state index contributed by atoms with van der Waals surface area (Å²) in [5.74, 6) is 0.868. The van der Waals surface area contributed by atoms with Crippen LogP contribution in [0.25, 0.3) is 11.0 Å². The van der Waals surface area contributed by atoms with Crippen LogP contribution in [0.2, 0.25) is 0 Å². The van der Waals surface area contributed by atoms with Gasteiger partial charge in [0.05, 0.1) is 5.52 Å². The monoisotopic (exact) mass is 208 g/mol. The first-order valence-electron chi connectivity index (χ1n) is 5.32. The summed E-state index contributed by atoms with van der Waals surface area (Å²) in [7, 11) is 0. The van der Waals surface area contributed by atoms with Crippen molar-refractivity contribution >= 4 is 11.0 Å². The number of nitrogens with zero attached hydrogens (tertiary/aromatic N) is 1. The van der Waals surface area contributed by atoms with Crippen LogP contribution in [0.5, 0.6) is 0 Å². The molecule has 15 heavy (non-hydrogen) atoms. The first kappa shape index (κ1) is 11.7. The molecule has 2 nitrogen and oxygen atoms in total. The molecule has 0 saturated carbocycles. The van der Waals surface area contributed by atoms with E-state index in [0.29, 0.717) is 11.4 Å². The molecule has 0 amide bonds. The highest BCUT2D eigenvalue weighted by Crippen LogP contribution is 2.18. The number of aromatic amines is 1. The standard InChI is InChI=1S/C10H11FN2.C2H6/c1-6(2)10-12-8-5-3-4-7(11)9(8)13-10;1-2/h3-6H,1-2H3,(H,12,13);1-2H3. The largest absolute Gasteiger partial charge is 0.342 e. The molecule has 0 aliphatic heterocycles. The van der Waals surface area contributed by atoms with Crippen LogP contribution in [0.3, 0.4) is 0 Å².